The average molecular weight is 226 g/mol. The zero-order valence-electron chi connectivity index (χ0n) is 9.82. The van der Waals surface area contributed by atoms with Crippen molar-refractivity contribution < 1.29 is 14.2 Å². The van der Waals surface area contributed by atoms with E-state index in [2.05, 4.69) is 5.43 Å². The highest BCUT2D eigenvalue weighted by Crippen LogP contribution is 2.26. The summed E-state index contributed by atoms with van der Waals surface area (Å²) in [6.45, 7) is 0.479. The van der Waals surface area contributed by atoms with Gasteiger partial charge in [0.15, 0.2) is 0 Å². The van der Waals surface area contributed by atoms with Gasteiger partial charge in [0.2, 0.25) is 0 Å². The highest BCUT2D eigenvalue weighted by molar-refractivity contribution is 5.39. The summed E-state index contributed by atoms with van der Waals surface area (Å²) >= 11 is 0. The number of methoxy groups -OCH3 is 3. The number of ether oxygens (including phenoxy) is 3. The summed E-state index contributed by atoms with van der Waals surface area (Å²) in [4.78, 5) is 0. The number of benzene rings is 1. The van der Waals surface area contributed by atoms with Gasteiger partial charge in [0.1, 0.15) is 11.5 Å². The third-order valence-electron chi connectivity index (χ3n) is 2.31. The van der Waals surface area contributed by atoms with Crippen LogP contribution >= 0.6 is 0 Å². The maximum absolute atomic E-state index is 5.46. The Morgan fingerprint density at radius 3 is 2.06 bits per heavy atom. The molecule has 1 atom stereocenters. The van der Waals surface area contributed by atoms with Gasteiger partial charge in [-0.2, -0.15) is 0 Å². The van der Waals surface area contributed by atoms with E-state index >= 15 is 0 Å². The normalized spacial score (nSPS) is 12.2. The molecule has 0 spiro atoms. The average Bonchev–Trinajstić information content (AvgIpc) is 2.35. The van der Waals surface area contributed by atoms with Gasteiger partial charge in [-0.15, -0.1) is 0 Å². The van der Waals surface area contributed by atoms with Crippen LogP contribution in [0.2, 0.25) is 0 Å². The molecular weight excluding hydrogens is 208 g/mol. The van der Waals surface area contributed by atoms with Crippen LogP contribution in [0.3, 0.4) is 0 Å². The fourth-order valence-corrected chi connectivity index (χ4v) is 1.44. The van der Waals surface area contributed by atoms with Crippen LogP contribution in [0.5, 0.6) is 11.5 Å². The summed E-state index contributed by atoms with van der Waals surface area (Å²) in [6.07, 6.45) is 0. The Hall–Kier alpha value is -1.30. The van der Waals surface area contributed by atoms with Gasteiger partial charge in [0.25, 0.3) is 0 Å². The second kappa shape index (κ2) is 6.32. The molecule has 0 saturated heterocycles. The molecule has 0 heterocycles. The van der Waals surface area contributed by atoms with Gasteiger partial charge in [0.05, 0.1) is 26.9 Å². The molecule has 0 aromatic heterocycles. The Morgan fingerprint density at radius 2 is 1.69 bits per heavy atom. The molecule has 0 fully saturated rings. The molecule has 16 heavy (non-hydrogen) atoms. The van der Waals surface area contributed by atoms with E-state index in [0.717, 1.165) is 17.1 Å². The zero-order valence-corrected chi connectivity index (χ0v) is 9.82. The highest BCUT2D eigenvalue weighted by atomic mass is 16.5. The Labute approximate surface area is 95.5 Å². The molecule has 90 valence electrons. The number of hydrogen-bond acceptors (Lipinski definition) is 5. The molecule has 1 rings (SSSR count). The topological polar surface area (TPSA) is 65.7 Å². The number of hydrogen-bond donors (Lipinski definition) is 2. The first kappa shape index (κ1) is 12.8. The van der Waals surface area contributed by atoms with Gasteiger partial charge in [-0.1, -0.05) is 0 Å². The molecule has 3 N–H and O–H groups in total. The maximum Gasteiger partial charge on any atom is 0.122 e. The molecule has 5 heteroatoms. The van der Waals surface area contributed by atoms with Crippen molar-refractivity contribution in [3.05, 3.63) is 23.8 Å². The van der Waals surface area contributed by atoms with E-state index in [1.165, 1.54) is 0 Å². The molecule has 5 nitrogen and oxygen atoms in total. The van der Waals surface area contributed by atoms with Crippen molar-refractivity contribution in [1.82, 2.24) is 5.43 Å². The fourth-order valence-electron chi connectivity index (χ4n) is 1.44. The largest absolute Gasteiger partial charge is 0.497 e. The smallest absolute Gasteiger partial charge is 0.122 e. The standard InChI is InChI=1S/C11H18N2O3/c1-14-7-11(13-12)8-4-9(15-2)6-10(5-8)16-3/h4-6,11,13H,7,12H2,1-3H3. The van der Waals surface area contributed by atoms with Gasteiger partial charge >= 0.3 is 0 Å². The minimum Gasteiger partial charge on any atom is -0.497 e. The Morgan fingerprint density at radius 1 is 1.12 bits per heavy atom. The predicted molar refractivity (Wildman–Crippen MR) is 61.5 cm³/mol. The minimum absolute atomic E-state index is 0.0889. The van der Waals surface area contributed by atoms with Crippen LogP contribution in [0.15, 0.2) is 18.2 Å². The van der Waals surface area contributed by atoms with Gasteiger partial charge in [-0.05, 0) is 17.7 Å². The van der Waals surface area contributed by atoms with Gasteiger partial charge in [0, 0.05) is 13.2 Å². The molecule has 1 unspecified atom stereocenters. The van der Waals surface area contributed by atoms with E-state index in [9.17, 15) is 0 Å². The first-order valence-corrected chi connectivity index (χ1v) is 4.93. The van der Waals surface area contributed by atoms with Crippen LogP contribution in [-0.4, -0.2) is 27.9 Å². The van der Waals surface area contributed by atoms with Gasteiger partial charge < -0.3 is 14.2 Å². The van der Waals surface area contributed by atoms with Crippen LogP contribution in [0.25, 0.3) is 0 Å². The van der Waals surface area contributed by atoms with E-state index in [1.54, 1.807) is 21.3 Å². The van der Waals surface area contributed by atoms with E-state index in [1.807, 2.05) is 18.2 Å². The van der Waals surface area contributed by atoms with Crippen LogP contribution in [0, 0.1) is 0 Å². The third kappa shape index (κ3) is 3.10. The summed E-state index contributed by atoms with van der Waals surface area (Å²) in [5.41, 5.74) is 3.64. The number of rotatable bonds is 6. The molecule has 0 bridgehead atoms. The summed E-state index contributed by atoms with van der Waals surface area (Å²) in [6, 6.07) is 5.51. The van der Waals surface area contributed by atoms with E-state index in [4.69, 9.17) is 20.1 Å². The van der Waals surface area contributed by atoms with Crippen molar-refractivity contribution in [2.24, 2.45) is 5.84 Å². The van der Waals surface area contributed by atoms with Crippen molar-refractivity contribution in [2.75, 3.05) is 27.9 Å². The van der Waals surface area contributed by atoms with Crippen molar-refractivity contribution in [1.29, 1.82) is 0 Å². The lowest BCUT2D eigenvalue weighted by atomic mass is 10.1. The highest BCUT2D eigenvalue weighted by Gasteiger charge is 2.12. The van der Waals surface area contributed by atoms with Crippen molar-refractivity contribution in [2.45, 2.75) is 6.04 Å². The predicted octanol–water partition coefficient (Wildman–Crippen LogP) is 0.855. The molecule has 0 saturated carbocycles. The molecule has 0 aliphatic heterocycles. The molecular formula is C11H18N2O3. The molecule has 0 amide bonds. The van der Waals surface area contributed by atoms with Crippen molar-refractivity contribution in [3.63, 3.8) is 0 Å². The van der Waals surface area contributed by atoms with Crippen LogP contribution in [0.4, 0.5) is 0 Å². The lowest BCUT2D eigenvalue weighted by molar-refractivity contribution is 0.167. The molecule has 0 aliphatic rings. The fraction of sp³-hybridized carbons (Fsp3) is 0.455. The van der Waals surface area contributed by atoms with Crippen LogP contribution in [0.1, 0.15) is 11.6 Å². The van der Waals surface area contributed by atoms with Crippen molar-refractivity contribution in [3.8, 4) is 11.5 Å². The summed E-state index contributed by atoms with van der Waals surface area (Å²) in [5, 5.41) is 0. The number of nitrogens with one attached hydrogen (secondary N) is 1. The maximum atomic E-state index is 5.46. The van der Waals surface area contributed by atoms with Gasteiger partial charge in [-0.3, -0.25) is 11.3 Å². The van der Waals surface area contributed by atoms with Gasteiger partial charge in [-0.25, -0.2) is 0 Å². The SMILES string of the molecule is COCC(NN)c1cc(OC)cc(OC)c1. The quantitative estimate of drug-likeness (QED) is 0.556. The Kier molecular flexibility index (Phi) is 5.04. The zero-order chi connectivity index (χ0) is 12.0. The van der Waals surface area contributed by atoms with Crippen molar-refractivity contribution >= 4 is 0 Å². The first-order chi connectivity index (χ1) is 7.74. The Bertz CT molecular complexity index is 309. The number of nitrogens with two attached hydrogens (primary N) is 1. The Balaban J connectivity index is 3.00. The monoisotopic (exact) mass is 226 g/mol. The minimum atomic E-state index is -0.0889. The first-order valence-electron chi connectivity index (χ1n) is 4.93. The third-order valence-corrected chi connectivity index (χ3v) is 2.31. The summed E-state index contributed by atoms with van der Waals surface area (Å²) in [7, 11) is 4.85. The summed E-state index contributed by atoms with van der Waals surface area (Å²) in [5.74, 6) is 6.92. The molecule has 0 radical (unpaired) electrons. The van der Waals surface area contributed by atoms with Crippen LogP contribution < -0.4 is 20.7 Å². The lowest BCUT2D eigenvalue weighted by Crippen LogP contribution is -2.31. The lowest BCUT2D eigenvalue weighted by Gasteiger charge is -2.17. The van der Waals surface area contributed by atoms with E-state index < -0.39 is 0 Å². The molecule has 0 aliphatic carbocycles. The second-order valence-corrected chi connectivity index (χ2v) is 3.32. The van der Waals surface area contributed by atoms with Crippen LogP contribution in [-0.2, 0) is 4.74 Å². The second-order valence-electron chi connectivity index (χ2n) is 3.32. The van der Waals surface area contributed by atoms with E-state index in [0.29, 0.717) is 6.61 Å². The van der Waals surface area contributed by atoms with E-state index in [-0.39, 0.29) is 6.04 Å². The summed E-state index contributed by atoms with van der Waals surface area (Å²) < 4.78 is 15.4. The molecule has 1 aromatic carbocycles. The molecule has 1 aromatic rings. The number of hydrazine groups is 1.